The molecule has 0 radical (unpaired) electrons. The van der Waals surface area contributed by atoms with Crippen LogP contribution in [-0.4, -0.2) is 66.3 Å². The van der Waals surface area contributed by atoms with E-state index in [2.05, 4.69) is 39.8 Å². The molecule has 1 saturated heterocycles. The number of nitrogens with zero attached hydrogens (tertiary/aromatic N) is 2. The Morgan fingerprint density at radius 1 is 0.969 bits per heavy atom. The van der Waals surface area contributed by atoms with Crippen LogP contribution in [0.2, 0.25) is 0 Å². The van der Waals surface area contributed by atoms with Crippen LogP contribution in [-0.2, 0) is 9.59 Å². The molecule has 0 saturated carbocycles. The van der Waals surface area contributed by atoms with Crippen LogP contribution in [0, 0.1) is 0 Å². The summed E-state index contributed by atoms with van der Waals surface area (Å²) in [5.41, 5.74) is 2.12. The van der Waals surface area contributed by atoms with Crippen molar-refractivity contribution in [3.63, 3.8) is 0 Å². The van der Waals surface area contributed by atoms with Crippen molar-refractivity contribution in [3.05, 3.63) is 71.8 Å². The van der Waals surface area contributed by atoms with E-state index < -0.39 is 6.04 Å². The molecule has 1 fully saturated rings. The fraction of sp³-hybridized carbons (Fsp3) is 0.320. The molecule has 0 aliphatic carbocycles. The number of benzene rings is 2. The number of hydrogen-bond donors (Lipinski definition) is 2. The molecule has 0 unspecified atom stereocenters. The van der Waals surface area contributed by atoms with Gasteiger partial charge in [-0.1, -0.05) is 54.6 Å². The third kappa shape index (κ3) is 5.42. The van der Waals surface area contributed by atoms with Crippen molar-refractivity contribution in [3.8, 4) is 0 Å². The minimum atomic E-state index is -0.719. The first-order valence-corrected chi connectivity index (χ1v) is 11.0. The maximum atomic E-state index is 12.7. The van der Waals surface area contributed by atoms with Gasteiger partial charge in [-0.15, -0.1) is 0 Å². The Morgan fingerprint density at radius 2 is 1.69 bits per heavy atom. The molecule has 0 aromatic heterocycles. The van der Waals surface area contributed by atoms with E-state index in [0.717, 1.165) is 19.6 Å². The van der Waals surface area contributed by atoms with Crippen LogP contribution in [0.3, 0.4) is 0 Å². The minimum Gasteiger partial charge on any atom is -0.340 e. The lowest BCUT2D eigenvalue weighted by atomic mass is 10.1. The number of fused-ring (bicyclic) bond motifs is 1. The molecule has 166 valence electrons. The third-order valence-electron chi connectivity index (χ3n) is 5.90. The zero-order chi connectivity index (χ0) is 22.3. The van der Waals surface area contributed by atoms with Crippen molar-refractivity contribution >= 4 is 29.5 Å². The standard InChI is InChI=1S/C25H28N4O3/c30-23(13-12-22-25(32)26-21-11-5-4-10-20(21)24(31)27-22)29-17-15-28(16-18-29)14-6-9-19-7-2-1-3-8-19/h1-11,22H,12-18H2,(H,26,32)(H,27,31)/b9-6+/t22-/m0/s1. The molecular formula is C25H28N4O3. The number of rotatable bonds is 6. The average molecular weight is 433 g/mol. The maximum absolute atomic E-state index is 12.7. The summed E-state index contributed by atoms with van der Waals surface area (Å²) in [5, 5.41) is 5.53. The van der Waals surface area contributed by atoms with Gasteiger partial charge in [0.05, 0.1) is 11.3 Å². The van der Waals surface area contributed by atoms with E-state index in [9.17, 15) is 14.4 Å². The van der Waals surface area contributed by atoms with E-state index >= 15 is 0 Å². The van der Waals surface area contributed by atoms with Gasteiger partial charge in [0.15, 0.2) is 0 Å². The molecule has 0 bridgehead atoms. The first kappa shape index (κ1) is 21.8. The molecule has 2 aromatic rings. The second-order valence-electron chi connectivity index (χ2n) is 8.09. The third-order valence-corrected chi connectivity index (χ3v) is 5.90. The lowest BCUT2D eigenvalue weighted by Gasteiger charge is -2.34. The van der Waals surface area contributed by atoms with Gasteiger partial charge in [-0.2, -0.15) is 0 Å². The van der Waals surface area contributed by atoms with Gasteiger partial charge in [-0.3, -0.25) is 19.3 Å². The fourth-order valence-corrected chi connectivity index (χ4v) is 4.02. The van der Waals surface area contributed by atoms with Crippen molar-refractivity contribution in [1.82, 2.24) is 15.1 Å². The molecule has 32 heavy (non-hydrogen) atoms. The number of hydrogen-bond acceptors (Lipinski definition) is 4. The molecule has 1 atom stereocenters. The van der Waals surface area contributed by atoms with Crippen LogP contribution >= 0.6 is 0 Å². The van der Waals surface area contributed by atoms with Gasteiger partial charge >= 0.3 is 0 Å². The van der Waals surface area contributed by atoms with Gasteiger partial charge < -0.3 is 15.5 Å². The van der Waals surface area contributed by atoms with Crippen LogP contribution in [0.15, 0.2) is 60.7 Å². The molecule has 2 N–H and O–H groups in total. The highest BCUT2D eigenvalue weighted by molar-refractivity contribution is 6.09. The van der Waals surface area contributed by atoms with Gasteiger partial charge in [0.25, 0.3) is 5.91 Å². The van der Waals surface area contributed by atoms with Crippen molar-refractivity contribution < 1.29 is 14.4 Å². The van der Waals surface area contributed by atoms with Crippen LogP contribution < -0.4 is 10.6 Å². The van der Waals surface area contributed by atoms with Gasteiger partial charge in [-0.25, -0.2) is 0 Å². The summed E-state index contributed by atoms with van der Waals surface area (Å²) in [6, 6.07) is 16.4. The van der Waals surface area contributed by atoms with Gasteiger partial charge in [-0.05, 0) is 24.1 Å². The largest absolute Gasteiger partial charge is 0.340 e. The number of nitrogens with one attached hydrogen (secondary N) is 2. The Labute approximate surface area is 188 Å². The normalized spacial score (nSPS) is 19.2. The van der Waals surface area contributed by atoms with E-state index in [1.807, 2.05) is 23.1 Å². The zero-order valence-corrected chi connectivity index (χ0v) is 18.0. The molecular weight excluding hydrogens is 404 g/mol. The van der Waals surface area contributed by atoms with Crippen molar-refractivity contribution in [1.29, 1.82) is 0 Å². The Morgan fingerprint density at radius 3 is 2.47 bits per heavy atom. The molecule has 7 heteroatoms. The second kappa shape index (κ2) is 10.2. The summed E-state index contributed by atoms with van der Waals surface area (Å²) in [6.07, 6.45) is 4.77. The van der Waals surface area contributed by atoms with E-state index in [0.29, 0.717) is 24.3 Å². The molecule has 0 spiro atoms. The number of amides is 3. The SMILES string of the molecule is O=C1N[C@@H](CCC(=O)N2CCN(C/C=C/c3ccccc3)CC2)C(=O)Nc2ccccc21. The second-order valence-corrected chi connectivity index (χ2v) is 8.09. The predicted molar refractivity (Wildman–Crippen MR) is 124 cm³/mol. The molecule has 3 amide bonds. The summed E-state index contributed by atoms with van der Waals surface area (Å²) in [7, 11) is 0. The molecule has 4 rings (SSSR count). The van der Waals surface area contributed by atoms with Crippen molar-refractivity contribution in [2.75, 3.05) is 38.0 Å². The first-order chi connectivity index (χ1) is 15.6. The number of para-hydroxylation sites is 1. The van der Waals surface area contributed by atoms with E-state index in [4.69, 9.17) is 0 Å². The number of carbonyl (C=O) groups is 3. The zero-order valence-electron chi connectivity index (χ0n) is 18.0. The molecule has 7 nitrogen and oxygen atoms in total. The van der Waals surface area contributed by atoms with Crippen LogP contribution in [0.25, 0.3) is 6.08 Å². The summed E-state index contributed by atoms with van der Waals surface area (Å²) in [4.78, 5) is 41.8. The highest BCUT2D eigenvalue weighted by atomic mass is 16.2. The average Bonchev–Trinajstić information content (AvgIpc) is 2.94. The molecule has 2 aromatic carbocycles. The predicted octanol–water partition coefficient (Wildman–Crippen LogP) is 2.37. The number of anilines is 1. The Bertz CT molecular complexity index is 997. The van der Waals surface area contributed by atoms with Crippen molar-refractivity contribution in [2.24, 2.45) is 0 Å². The Kier molecular flexibility index (Phi) is 6.97. The first-order valence-electron chi connectivity index (χ1n) is 11.0. The fourth-order valence-electron chi connectivity index (χ4n) is 4.02. The van der Waals surface area contributed by atoms with Crippen LogP contribution in [0.5, 0.6) is 0 Å². The van der Waals surface area contributed by atoms with Crippen LogP contribution in [0.4, 0.5) is 5.69 Å². The summed E-state index contributed by atoms with van der Waals surface area (Å²) in [5.74, 6) is -0.562. The van der Waals surface area contributed by atoms with Gasteiger partial charge in [0.1, 0.15) is 6.04 Å². The van der Waals surface area contributed by atoms with Gasteiger partial charge in [0, 0.05) is 39.1 Å². The highest BCUT2D eigenvalue weighted by Crippen LogP contribution is 2.19. The minimum absolute atomic E-state index is 0.0216. The quantitative estimate of drug-likeness (QED) is 0.734. The Balaban J connectivity index is 1.22. The van der Waals surface area contributed by atoms with E-state index in [1.165, 1.54) is 5.56 Å². The smallest absolute Gasteiger partial charge is 0.254 e. The molecule has 2 heterocycles. The van der Waals surface area contributed by atoms with Crippen LogP contribution in [0.1, 0.15) is 28.8 Å². The van der Waals surface area contributed by atoms with E-state index in [1.54, 1.807) is 24.3 Å². The summed E-state index contributed by atoms with van der Waals surface area (Å²) >= 11 is 0. The van der Waals surface area contributed by atoms with E-state index in [-0.39, 0.29) is 30.6 Å². The van der Waals surface area contributed by atoms with Gasteiger partial charge in [0.2, 0.25) is 11.8 Å². The summed E-state index contributed by atoms with van der Waals surface area (Å²) in [6.45, 7) is 3.84. The molecule has 2 aliphatic heterocycles. The highest BCUT2D eigenvalue weighted by Gasteiger charge is 2.29. The summed E-state index contributed by atoms with van der Waals surface area (Å²) < 4.78 is 0. The number of piperazine rings is 1. The molecule has 2 aliphatic rings. The lowest BCUT2D eigenvalue weighted by molar-refractivity contribution is -0.133. The number of carbonyl (C=O) groups excluding carboxylic acids is 3. The lowest BCUT2D eigenvalue weighted by Crippen LogP contribution is -2.49. The monoisotopic (exact) mass is 432 g/mol. The van der Waals surface area contributed by atoms with Crippen molar-refractivity contribution in [2.45, 2.75) is 18.9 Å². The maximum Gasteiger partial charge on any atom is 0.254 e. The Hall–Kier alpha value is -3.45. The topological polar surface area (TPSA) is 81.8 Å².